The lowest BCUT2D eigenvalue weighted by atomic mass is 10.1. The Balaban J connectivity index is 2.06. The van der Waals surface area contributed by atoms with Gasteiger partial charge in [0.1, 0.15) is 11.5 Å². The molecule has 1 aromatic heterocycles. The van der Waals surface area contributed by atoms with Crippen molar-refractivity contribution in [3.63, 3.8) is 0 Å². The van der Waals surface area contributed by atoms with Crippen molar-refractivity contribution in [1.29, 1.82) is 0 Å². The molecule has 0 bridgehead atoms. The van der Waals surface area contributed by atoms with E-state index in [0.717, 1.165) is 6.42 Å². The van der Waals surface area contributed by atoms with Gasteiger partial charge in [-0.3, -0.25) is 9.78 Å². The summed E-state index contributed by atoms with van der Waals surface area (Å²) in [5.74, 6) is 0.751. The number of aromatic nitrogens is 1. The molecule has 0 aliphatic carbocycles. The van der Waals surface area contributed by atoms with Crippen molar-refractivity contribution >= 4 is 5.91 Å². The molecule has 1 atom stereocenters. The van der Waals surface area contributed by atoms with E-state index in [1.54, 1.807) is 48.8 Å². The van der Waals surface area contributed by atoms with Crippen LogP contribution in [0.3, 0.4) is 0 Å². The number of benzene rings is 1. The van der Waals surface area contributed by atoms with Crippen LogP contribution in [0, 0.1) is 0 Å². The molecule has 22 heavy (non-hydrogen) atoms. The van der Waals surface area contributed by atoms with Crippen molar-refractivity contribution in [1.82, 2.24) is 10.3 Å². The van der Waals surface area contributed by atoms with Gasteiger partial charge in [0.2, 0.25) is 0 Å². The number of hydrogen-bond donors (Lipinski definition) is 2. The predicted molar refractivity (Wildman–Crippen MR) is 84.0 cm³/mol. The Morgan fingerprint density at radius 2 is 2.14 bits per heavy atom. The maximum atomic E-state index is 12.2. The molecule has 1 heterocycles. The molecule has 0 saturated carbocycles. The van der Waals surface area contributed by atoms with Gasteiger partial charge < -0.3 is 15.2 Å². The van der Waals surface area contributed by atoms with Crippen molar-refractivity contribution in [2.45, 2.75) is 25.9 Å². The number of carbonyl (C=O) groups is 1. The van der Waals surface area contributed by atoms with E-state index in [9.17, 15) is 9.90 Å². The number of rotatable bonds is 7. The van der Waals surface area contributed by atoms with E-state index in [-0.39, 0.29) is 12.5 Å². The van der Waals surface area contributed by atoms with Gasteiger partial charge in [0.15, 0.2) is 0 Å². The van der Waals surface area contributed by atoms with Crippen LogP contribution in [0.2, 0.25) is 0 Å². The van der Waals surface area contributed by atoms with Crippen LogP contribution in [0.5, 0.6) is 11.5 Å². The van der Waals surface area contributed by atoms with Crippen molar-refractivity contribution in [2.75, 3.05) is 6.54 Å². The van der Waals surface area contributed by atoms with Crippen molar-refractivity contribution in [3.05, 3.63) is 54.4 Å². The number of carbonyl (C=O) groups excluding carboxylic acids is 1. The second kappa shape index (κ2) is 8.14. The molecule has 1 amide bonds. The first-order valence-electron chi connectivity index (χ1n) is 7.34. The van der Waals surface area contributed by atoms with Crippen molar-refractivity contribution < 1.29 is 14.6 Å². The minimum Gasteiger partial charge on any atom is -0.455 e. The van der Waals surface area contributed by atoms with Crippen LogP contribution in [-0.2, 0) is 0 Å². The molecular weight excluding hydrogens is 280 g/mol. The van der Waals surface area contributed by atoms with Crippen molar-refractivity contribution in [3.8, 4) is 11.5 Å². The van der Waals surface area contributed by atoms with Crippen LogP contribution in [-0.4, -0.2) is 28.6 Å². The highest BCUT2D eigenvalue weighted by atomic mass is 16.5. The maximum absolute atomic E-state index is 12.2. The molecule has 1 unspecified atom stereocenters. The topological polar surface area (TPSA) is 71.5 Å². The first-order chi connectivity index (χ1) is 10.7. The zero-order chi connectivity index (χ0) is 15.8. The Kier molecular flexibility index (Phi) is 5.91. The molecule has 0 saturated heterocycles. The fourth-order valence-electron chi connectivity index (χ4n) is 2.02. The average molecular weight is 300 g/mol. The van der Waals surface area contributed by atoms with E-state index in [4.69, 9.17) is 4.74 Å². The van der Waals surface area contributed by atoms with Crippen molar-refractivity contribution in [2.24, 2.45) is 0 Å². The van der Waals surface area contributed by atoms with Gasteiger partial charge >= 0.3 is 0 Å². The molecule has 5 heteroatoms. The number of para-hydroxylation sites is 1. The molecule has 0 aliphatic heterocycles. The summed E-state index contributed by atoms with van der Waals surface area (Å²) in [5.41, 5.74) is 0.426. The Morgan fingerprint density at radius 1 is 1.32 bits per heavy atom. The molecule has 0 fully saturated rings. The number of ether oxygens (including phenoxy) is 1. The van der Waals surface area contributed by atoms with E-state index in [0.29, 0.717) is 23.5 Å². The molecule has 0 radical (unpaired) electrons. The van der Waals surface area contributed by atoms with Crippen LogP contribution in [0.15, 0.2) is 48.8 Å². The van der Waals surface area contributed by atoms with Crippen LogP contribution >= 0.6 is 0 Å². The minimum absolute atomic E-state index is 0.230. The summed E-state index contributed by atoms with van der Waals surface area (Å²) in [7, 11) is 0. The van der Waals surface area contributed by atoms with E-state index < -0.39 is 6.10 Å². The SMILES string of the molecule is CCCC(O)CNC(=O)c1ccccc1Oc1cccnc1. The fraction of sp³-hybridized carbons (Fsp3) is 0.294. The molecule has 1 aromatic carbocycles. The predicted octanol–water partition coefficient (Wildman–Crippen LogP) is 2.76. The second-order valence-electron chi connectivity index (χ2n) is 4.94. The molecule has 2 rings (SSSR count). The summed E-state index contributed by atoms with van der Waals surface area (Å²) in [6.07, 6.45) is 4.24. The maximum Gasteiger partial charge on any atom is 0.255 e. The van der Waals surface area contributed by atoms with Crippen LogP contribution in [0.1, 0.15) is 30.1 Å². The van der Waals surface area contributed by atoms with E-state index in [2.05, 4.69) is 10.3 Å². The summed E-state index contributed by atoms with van der Waals surface area (Å²) < 4.78 is 5.70. The summed E-state index contributed by atoms with van der Waals surface area (Å²) in [6.45, 7) is 2.22. The van der Waals surface area contributed by atoms with Gasteiger partial charge in [0.05, 0.1) is 17.9 Å². The summed E-state index contributed by atoms with van der Waals surface area (Å²) in [4.78, 5) is 16.2. The van der Waals surface area contributed by atoms with Gasteiger partial charge in [-0.1, -0.05) is 25.5 Å². The number of amides is 1. The summed E-state index contributed by atoms with van der Waals surface area (Å²) in [5, 5.41) is 12.4. The minimum atomic E-state index is -0.527. The number of nitrogens with zero attached hydrogens (tertiary/aromatic N) is 1. The van der Waals surface area contributed by atoms with E-state index in [1.165, 1.54) is 0 Å². The van der Waals surface area contributed by atoms with Gasteiger partial charge in [-0.15, -0.1) is 0 Å². The number of pyridine rings is 1. The Labute approximate surface area is 130 Å². The number of aliphatic hydroxyl groups excluding tert-OH is 1. The lowest BCUT2D eigenvalue weighted by molar-refractivity contribution is 0.0908. The molecule has 0 aliphatic rings. The Morgan fingerprint density at radius 3 is 2.86 bits per heavy atom. The van der Waals surface area contributed by atoms with Gasteiger partial charge in [0.25, 0.3) is 5.91 Å². The van der Waals surface area contributed by atoms with Gasteiger partial charge in [-0.2, -0.15) is 0 Å². The smallest absolute Gasteiger partial charge is 0.255 e. The van der Waals surface area contributed by atoms with Crippen LogP contribution in [0.4, 0.5) is 0 Å². The average Bonchev–Trinajstić information content (AvgIpc) is 2.54. The number of hydrogen-bond acceptors (Lipinski definition) is 4. The Bertz CT molecular complexity index is 602. The summed E-state index contributed by atoms with van der Waals surface area (Å²) >= 11 is 0. The highest BCUT2D eigenvalue weighted by molar-refractivity contribution is 5.97. The molecular formula is C17H20N2O3. The largest absolute Gasteiger partial charge is 0.455 e. The first kappa shape index (κ1) is 16.0. The number of nitrogens with one attached hydrogen (secondary N) is 1. The monoisotopic (exact) mass is 300 g/mol. The zero-order valence-electron chi connectivity index (χ0n) is 12.5. The molecule has 116 valence electrons. The standard InChI is InChI=1S/C17H20N2O3/c1-2-6-13(20)11-19-17(21)15-8-3-4-9-16(15)22-14-7-5-10-18-12-14/h3-5,7-10,12-13,20H,2,6,11H2,1H3,(H,19,21). The third kappa shape index (κ3) is 4.56. The second-order valence-corrected chi connectivity index (χ2v) is 4.94. The lowest BCUT2D eigenvalue weighted by Crippen LogP contribution is -2.32. The van der Waals surface area contributed by atoms with Gasteiger partial charge in [-0.25, -0.2) is 0 Å². The third-order valence-electron chi connectivity index (χ3n) is 3.11. The van der Waals surface area contributed by atoms with E-state index >= 15 is 0 Å². The first-order valence-corrected chi connectivity index (χ1v) is 7.34. The molecule has 2 N–H and O–H groups in total. The summed E-state index contributed by atoms with van der Waals surface area (Å²) in [6, 6.07) is 10.5. The molecule has 5 nitrogen and oxygen atoms in total. The van der Waals surface area contributed by atoms with Crippen LogP contribution < -0.4 is 10.1 Å². The normalized spacial score (nSPS) is 11.7. The highest BCUT2D eigenvalue weighted by Gasteiger charge is 2.14. The Hall–Kier alpha value is -2.40. The number of aliphatic hydroxyl groups is 1. The van der Waals surface area contributed by atoms with Gasteiger partial charge in [-0.05, 0) is 30.7 Å². The molecule has 2 aromatic rings. The quantitative estimate of drug-likeness (QED) is 0.825. The van der Waals surface area contributed by atoms with E-state index in [1.807, 2.05) is 6.92 Å². The van der Waals surface area contributed by atoms with Crippen LogP contribution in [0.25, 0.3) is 0 Å². The fourth-order valence-corrected chi connectivity index (χ4v) is 2.02. The molecule has 0 spiro atoms. The third-order valence-corrected chi connectivity index (χ3v) is 3.11. The zero-order valence-corrected chi connectivity index (χ0v) is 12.5. The lowest BCUT2D eigenvalue weighted by Gasteiger charge is -2.13. The van der Waals surface area contributed by atoms with Gasteiger partial charge in [0, 0.05) is 12.7 Å². The highest BCUT2D eigenvalue weighted by Crippen LogP contribution is 2.24.